The van der Waals surface area contributed by atoms with E-state index in [-0.39, 0.29) is 12.8 Å². The van der Waals surface area contributed by atoms with E-state index >= 15 is 0 Å². The molecule has 6 nitrogen and oxygen atoms in total. The smallest absolute Gasteiger partial charge is 0.325 e. The van der Waals surface area contributed by atoms with Crippen LogP contribution in [0.3, 0.4) is 0 Å². The first-order valence-corrected chi connectivity index (χ1v) is 6.31. The molecule has 0 fully saturated rings. The van der Waals surface area contributed by atoms with E-state index in [2.05, 4.69) is 24.5 Å². The number of carboxylic acid groups (broad SMARTS) is 1. The number of benzene rings is 1. The number of amides is 3. The average Bonchev–Trinajstić information content (AvgIpc) is 2.36. The van der Waals surface area contributed by atoms with Crippen LogP contribution >= 0.6 is 0 Å². The van der Waals surface area contributed by atoms with E-state index in [0.717, 1.165) is 5.56 Å². The van der Waals surface area contributed by atoms with Gasteiger partial charge in [-0.2, -0.15) is 0 Å². The number of anilines is 1. The van der Waals surface area contributed by atoms with Crippen molar-refractivity contribution in [2.24, 2.45) is 0 Å². The first-order chi connectivity index (χ1) is 9.38. The summed E-state index contributed by atoms with van der Waals surface area (Å²) in [4.78, 5) is 33.0. The van der Waals surface area contributed by atoms with Crippen molar-refractivity contribution >= 4 is 23.6 Å². The molecule has 6 heteroatoms. The van der Waals surface area contributed by atoms with Crippen LogP contribution in [-0.4, -0.2) is 23.0 Å². The summed E-state index contributed by atoms with van der Waals surface area (Å²) in [6, 6.07) is 6.62. The Bertz CT molecular complexity index is 494. The standard InChI is InChI=1S/C14H18N2O4/c1-9(2)10-3-5-11(6-4-10)15-14(20)16-12(17)7-8-13(18)19/h3-6,9H,7-8H2,1-2H3,(H,18,19)(H2,15,16,17,20). The fourth-order valence-electron chi connectivity index (χ4n) is 1.52. The van der Waals surface area contributed by atoms with Crippen LogP contribution in [0.4, 0.5) is 10.5 Å². The van der Waals surface area contributed by atoms with Crippen LogP contribution in [0.15, 0.2) is 24.3 Å². The lowest BCUT2D eigenvalue weighted by Gasteiger charge is -2.08. The van der Waals surface area contributed by atoms with Gasteiger partial charge in [-0.15, -0.1) is 0 Å². The molecule has 0 aliphatic rings. The molecule has 0 aliphatic carbocycles. The Hall–Kier alpha value is -2.37. The Balaban J connectivity index is 2.45. The molecular formula is C14H18N2O4. The summed E-state index contributed by atoms with van der Waals surface area (Å²) >= 11 is 0. The SMILES string of the molecule is CC(C)c1ccc(NC(=O)NC(=O)CCC(=O)O)cc1. The Labute approximate surface area is 117 Å². The number of carbonyl (C=O) groups is 3. The molecule has 0 heterocycles. The largest absolute Gasteiger partial charge is 0.481 e. The fraction of sp³-hybridized carbons (Fsp3) is 0.357. The molecule has 0 saturated carbocycles. The first-order valence-electron chi connectivity index (χ1n) is 6.31. The van der Waals surface area contributed by atoms with Crippen molar-refractivity contribution in [2.75, 3.05) is 5.32 Å². The highest BCUT2D eigenvalue weighted by Gasteiger charge is 2.09. The van der Waals surface area contributed by atoms with Crippen molar-refractivity contribution in [1.29, 1.82) is 0 Å². The third-order valence-corrected chi connectivity index (χ3v) is 2.65. The molecule has 108 valence electrons. The number of urea groups is 1. The minimum Gasteiger partial charge on any atom is -0.481 e. The first kappa shape index (κ1) is 15.7. The fourth-order valence-corrected chi connectivity index (χ4v) is 1.52. The van der Waals surface area contributed by atoms with Gasteiger partial charge in [-0.05, 0) is 23.6 Å². The second-order valence-corrected chi connectivity index (χ2v) is 4.67. The highest BCUT2D eigenvalue weighted by molar-refractivity contribution is 6.01. The van der Waals surface area contributed by atoms with Gasteiger partial charge in [0.2, 0.25) is 5.91 Å². The van der Waals surface area contributed by atoms with Gasteiger partial charge in [0.1, 0.15) is 0 Å². The number of hydrogen-bond donors (Lipinski definition) is 3. The normalized spacial score (nSPS) is 10.2. The van der Waals surface area contributed by atoms with Crippen molar-refractivity contribution in [2.45, 2.75) is 32.6 Å². The minimum atomic E-state index is -1.08. The summed E-state index contributed by atoms with van der Waals surface area (Å²) in [6.45, 7) is 4.13. The molecular weight excluding hydrogens is 260 g/mol. The van der Waals surface area contributed by atoms with Gasteiger partial charge >= 0.3 is 12.0 Å². The maximum Gasteiger partial charge on any atom is 0.325 e. The lowest BCUT2D eigenvalue weighted by Crippen LogP contribution is -2.34. The maximum atomic E-state index is 11.5. The van der Waals surface area contributed by atoms with Crippen molar-refractivity contribution in [3.05, 3.63) is 29.8 Å². The Morgan fingerprint density at radius 1 is 1.10 bits per heavy atom. The number of nitrogens with one attached hydrogen (secondary N) is 2. The Morgan fingerprint density at radius 2 is 1.70 bits per heavy atom. The van der Waals surface area contributed by atoms with Crippen molar-refractivity contribution in [1.82, 2.24) is 5.32 Å². The number of imide groups is 1. The molecule has 0 saturated heterocycles. The summed E-state index contributed by atoms with van der Waals surface area (Å²) < 4.78 is 0. The maximum absolute atomic E-state index is 11.5. The average molecular weight is 278 g/mol. The van der Waals surface area contributed by atoms with Gasteiger partial charge in [-0.25, -0.2) is 4.79 Å². The lowest BCUT2D eigenvalue weighted by molar-refractivity contribution is -0.138. The van der Waals surface area contributed by atoms with Crippen LogP contribution in [0, 0.1) is 0 Å². The van der Waals surface area contributed by atoms with E-state index in [1.54, 1.807) is 12.1 Å². The molecule has 1 rings (SSSR count). The lowest BCUT2D eigenvalue weighted by atomic mass is 10.0. The van der Waals surface area contributed by atoms with Gasteiger partial charge in [-0.3, -0.25) is 14.9 Å². The van der Waals surface area contributed by atoms with E-state index in [9.17, 15) is 14.4 Å². The Kier molecular flexibility index (Phi) is 5.71. The van der Waals surface area contributed by atoms with Gasteiger partial charge in [0.05, 0.1) is 6.42 Å². The third-order valence-electron chi connectivity index (χ3n) is 2.65. The van der Waals surface area contributed by atoms with Crippen molar-refractivity contribution in [3.8, 4) is 0 Å². The quantitative estimate of drug-likeness (QED) is 0.770. The van der Waals surface area contributed by atoms with Crippen molar-refractivity contribution in [3.63, 3.8) is 0 Å². The van der Waals surface area contributed by atoms with Gasteiger partial charge in [0, 0.05) is 12.1 Å². The second-order valence-electron chi connectivity index (χ2n) is 4.67. The molecule has 1 aromatic carbocycles. The zero-order valence-corrected chi connectivity index (χ0v) is 11.5. The van der Waals surface area contributed by atoms with Crippen LogP contribution in [0.1, 0.15) is 38.2 Å². The summed E-state index contributed by atoms with van der Waals surface area (Å²) in [5.41, 5.74) is 1.71. The predicted octanol–water partition coefficient (Wildman–Crippen LogP) is 2.32. The molecule has 0 aliphatic heterocycles. The topological polar surface area (TPSA) is 95.5 Å². The molecule has 1 aromatic rings. The molecule has 0 spiro atoms. The van der Waals surface area contributed by atoms with Crippen molar-refractivity contribution < 1.29 is 19.5 Å². The monoisotopic (exact) mass is 278 g/mol. The van der Waals surface area contributed by atoms with E-state index in [0.29, 0.717) is 11.6 Å². The molecule has 0 unspecified atom stereocenters. The van der Waals surface area contributed by atoms with E-state index in [1.165, 1.54) is 0 Å². The number of carbonyl (C=O) groups excluding carboxylic acids is 2. The van der Waals surface area contributed by atoms with E-state index < -0.39 is 17.9 Å². The van der Waals surface area contributed by atoms with Crippen LogP contribution in [0.5, 0.6) is 0 Å². The number of hydrogen-bond acceptors (Lipinski definition) is 3. The molecule has 0 radical (unpaired) electrons. The zero-order valence-electron chi connectivity index (χ0n) is 11.5. The van der Waals surface area contributed by atoms with Gasteiger partial charge in [0.25, 0.3) is 0 Å². The summed E-state index contributed by atoms with van der Waals surface area (Å²) in [5.74, 6) is -1.30. The molecule has 0 aromatic heterocycles. The van der Waals surface area contributed by atoms with Crippen LogP contribution < -0.4 is 10.6 Å². The van der Waals surface area contributed by atoms with Crippen LogP contribution in [-0.2, 0) is 9.59 Å². The molecule has 3 amide bonds. The van der Waals surface area contributed by atoms with E-state index in [4.69, 9.17) is 5.11 Å². The number of rotatable bonds is 5. The second kappa shape index (κ2) is 7.28. The highest BCUT2D eigenvalue weighted by atomic mass is 16.4. The Morgan fingerprint density at radius 3 is 2.20 bits per heavy atom. The minimum absolute atomic E-state index is 0.227. The van der Waals surface area contributed by atoms with Gasteiger partial charge in [-0.1, -0.05) is 26.0 Å². The summed E-state index contributed by atoms with van der Waals surface area (Å²) in [5, 5.41) is 13.0. The van der Waals surface area contributed by atoms with Crippen LogP contribution in [0.25, 0.3) is 0 Å². The predicted molar refractivity (Wildman–Crippen MR) is 74.6 cm³/mol. The number of carboxylic acids is 1. The molecule has 3 N–H and O–H groups in total. The highest BCUT2D eigenvalue weighted by Crippen LogP contribution is 2.16. The van der Waals surface area contributed by atoms with E-state index in [1.807, 2.05) is 12.1 Å². The summed E-state index contributed by atoms with van der Waals surface area (Å²) in [6.07, 6.45) is -0.531. The van der Waals surface area contributed by atoms with Gasteiger partial charge in [0.15, 0.2) is 0 Å². The zero-order chi connectivity index (χ0) is 15.1. The van der Waals surface area contributed by atoms with Gasteiger partial charge < -0.3 is 10.4 Å². The number of aliphatic carboxylic acids is 1. The molecule has 0 bridgehead atoms. The summed E-state index contributed by atoms with van der Waals surface area (Å²) in [7, 11) is 0. The third kappa shape index (κ3) is 5.51. The molecule has 0 atom stereocenters. The molecule has 20 heavy (non-hydrogen) atoms. The van der Waals surface area contributed by atoms with Crippen LogP contribution in [0.2, 0.25) is 0 Å².